The number of rotatable bonds is 7. The molecule has 0 spiro atoms. The maximum absolute atomic E-state index is 13.2. The maximum Gasteiger partial charge on any atom is 0.433 e. The summed E-state index contributed by atoms with van der Waals surface area (Å²) in [5, 5.41) is 0. The molecular weight excluding hydrogens is 413 g/mol. The van der Waals surface area contributed by atoms with Crippen LogP contribution in [-0.4, -0.2) is 18.1 Å². The highest BCUT2D eigenvalue weighted by atomic mass is 19.4. The average Bonchev–Trinajstić information content (AvgIpc) is 2.77. The van der Waals surface area contributed by atoms with E-state index in [1.54, 1.807) is 0 Å². The minimum absolute atomic E-state index is 0.00799. The van der Waals surface area contributed by atoms with Crippen LogP contribution in [0, 0.1) is 0 Å². The third kappa shape index (κ3) is 5.73. The van der Waals surface area contributed by atoms with Gasteiger partial charge in [-0.1, -0.05) is 30.3 Å². The number of esters is 1. The minimum Gasteiger partial charge on any atom is -0.485 e. The molecule has 0 fully saturated rings. The first-order valence-electron chi connectivity index (χ1n) is 9.15. The van der Waals surface area contributed by atoms with Gasteiger partial charge in [0.25, 0.3) is 0 Å². The molecule has 0 saturated heterocycles. The molecule has 0 saturated carbocycles. The summed E-state index contributed by atoms with van der Waals surface area (Å²) in [6.45, 7) is 0.0420. The fourth-order valence-corrected chi connectivity index (χ4v) is 2.67. The Kier molecular flexibility index (Phi) is 6.76. The Labute approximate surface area is 176 Å². The molecule has 0 atom stereocenters. The standard InChI is InChI=1S/C22H19F3N2O4/c1-29-21(28)16-7-8-17(30-13-14-5-3-2-4-6-14)18(11-16)31-20-10-15(12-26)9-19(27-20)22(23,24)25/h2-11H,12-13,26H2,1H3. The Morgan fingerprint density at radius 1 is 1.00 bits per heavy atom. The molecule has 31 heavy (non-hydrogen) atoms. The van der Waals surface area contributed by atoms with Crippen LogP contribution < -0.4 is 15.2 Å². The number of hydrogen-bond donors (Lipinski definition) is 1. The SMILES string of the molecule is COC(=O)c1ccc(OCc2ccccc2)c(Oc2cc(CN)cc(C(F)(F)F)n2)c1. The van der Waals surface area contributed by atoms with Gasteiger partial charge in [0.1, 0.15) is 12.3 Å². The van der Waals surface area contributed by atoms with Crippen LogP contribution in [0.2, 0.25) is 0 Å². The van der Waals surface area contributed by atoms with Crippen molar-refractivity contribution in [2.75, 3.05) is 7.11 Å². The first-order chi connectivity index (χ1) is 14.8. The highest BCUT2D eigenvalue weighted by Crippen LogP contribution is 2.35. The molecule has 0 aliphatic carbocycles. The molecule has 0 aliphatic rings. The van der Waals surface area contributed by atoms with Gasteiger partial charge in [0.05, 0.1) is 12.7 Å². The largest absolute Gasteiger partial charge is 0.485 e. The van der Waals surface area contributed by atoms with Gasteiger partial charge in [-0.15, -0.1) is 0 Å². The number of carbonyl (C=O) groups excluding carboxylic acids is 1. The number of ether oxygens (including phenoxy) is 3. The minimum atomic E-state index is -4.68. The summed E-state index contributed by atoms with van der Waals surface area (Å²) in [4.78, 5) is 15.4. The number of nitrogens with zero attached hydrogens (tertiary/aromatic N) is 1. The number of alkyl halides is 3. The Morgan fingerprint density at radius 3 is 2.39 bits per heavy atom. The van der Waals surface area contributed by atoms with E-state index in [2.05, 4.69) is 4.98 Å². The molecule has 0 unspecified atom stereocenters. The molecule has 2 N–H and O–H groups in total. The van der Waals surface area contributed by atoms with E-state index in [1.165, 1.54) is 31.4 Å². The molecule has 0 bridgehead atoms. The van der Waals surface area contributed by atoms with Crippen LogP contribution in [-0.2, 0) is 24.1 Å². The lowest BCUT2D eigenvalue weighted by Gasteiger charge is -2.15. The molecule has 9 heteroatoms. The molecular formula is C22H19F3N2O4. The molecule has 0 amide bonds. The summed E-state index contributed by atoms with van der Waals surface area (Å²) < 4.78 is 55.6. The maximum atomic E-state index is 13.2. The van der Waals surface area contributed by atoms with Crippen molar-refractivity contribution in [2.45, 2.75) is 19.3 Å². The lowest BCUT2D eigenvalue weighted by atomic mass is 10.2. The smallest absolute Gasteiger partial charge is 0.433 e. The number of methoxy groups -OCH3 is 1. The molecule has 0 radical (unpaired) electrons. The van der Waals surface area contributed by atoms with Gasteiger partial charge in [-0.2, -0.15) is 13.2 Å². The van der Waals surface area contributed by atoms with Crippen molar-refractivity contribution >= 4 is 5.97 Å². The number of pyridine rings is 1. The van der Waals surface area contributed by atoms with Gasteiger partial charge >= 0.3 is 12.1 Å². The van der Waals surface area contributed by atoms with E-state index in [-0.39, 0.29) is 41.7 Å². The molecule has 3 rings (SSSR count). The van der Waals surface area contributed by atoms with E-state index in [0.717, 1.165) is 11.6 Å². The molecule has 0 aliphatic heterocycles. The summed E-state index contributed by atoms with van der Waals surface area (Å²) >= 11 is 0. The summed E-state index contributed by atoms with van der Waals surface area (Å²) in [5.74, 6) is -0.750. The predicted molar refractivity (Wildman–Crippen MR) is 106 cm³/mol. The number of benzene rings is 2. The van der Waals surface area contributed by atoms with E-state index in [1.807, 2.05) is 30.3 Å². The van der Waals surface area contributed by atoms with Crippen LogP contribution in [0.15, 0.2) is 60.7 Å². The summed E-state index contributed by atoms with van der Waals surface area (Å²) in [6.07, 6.45) is -4.68. The predicted octanol–water partition coefficient (Wildman–Crippen LogP) is 4.72. The topological polar surface area (TPSA) is 83.7 Å². The van der Waals surface area contributed by atoms with Gasteiger partial charge in [-0.3, -0.25) is 0 Å². The van der Waals surface area contributed by atoms with E-state index in [4.69, 9.17) is 19.9 Å². The summed E-state index contributed by atoms with van der Waals surface area (Å²) in [7, 11) is 1.21. The van der Waals surface area contributed by atoms with Crippen LogP contribution >= 0.6 is 0 Å². The number of aromatic nitrogens is 1. The van der Waals surface area contributed by atoms with E-state index in [9.17, 15) is 18.0 Å². The molecule has 1 aromatic heterocycles. The zero-order chi connectivity index (χ0) is 22.4. The van der Waals surface area contributed by atoms with Gasteiger partial charge in [-0.05, 0) is 35.4 Å². The first-order valence-corrected chi connectivity index (χ1v) is 9.15. The van der Waals surface area contributed by atoms with Crippen LogP contribution in [0.5, 0.6) is 17.4 Å². The second-order valence-corrected chi connectivity index (χ2v) is 6.43. The molecule has 6 nitrogen and oxygen atoms in total. The molecule has 2 aromatic carbocycles. The van der Waals surface area contributed by atoms with Crippen molar-refractivity contribution < 1.29 is 32.2 Å². The Hall–Kier alpha value is -3.59. The Morgan fingerprint density at radius 2 is 1.74 bits per heavy atom. The zero-order valence-corrected chi connectivity index (χ0v) is 16.5. The van der Waals surface area contributed by atoms with Gasteiger partial charge in [0.15, 0.2) is 11.5 Å². The van der Waals surface area contributed by atoms with Gasteiger partial charge in [0.2, 0.25) is 5.88 Å². The quantitative estimate of drug-likeness (QED) is 0.544. The Balaban J connectivity index is 1.96. The molecule has 1 heterocycles. The first kappa shape index (κ1) is 22.1. The fraction of sp³-hybridized carbons (Fsp3) is 0.182. The van der Waals surface area contributed by atoms with Crippen LogP contribution in [0.4, 0.5) is 13.2 Å². The van der Waals surface area contributed by atoms with Gasteiger partial charge < -0.3 is 19.9 Å². The third-order valence-corrected chi connectivity index (χ3v) is 4.20. The lowest BCUT2D eigenvalue weighted by molar-refractivity contribution is -0.141. The second-order valence-electron chi connectivity index (χ2n) is 6.43. The van der Waals surface area contributed by atoms with Crippen LogP contribution in [0.1, 0.15) is 27.2 Å². The number of nitrogens with two attached hydrogens (primary N) is 1. The Bertz CT molecular complexity index is 1060. The second kappa shape index (κ2) is 9.48. The van der Waals surface area contributed by atoms with Gasteiger partial charge in [-0.25, -0.2) is 9.78 Å². The highest BCUT2D eigenvalue weighted by Gasteiger charge is 2.33. The van der Waals surface area contributed by atoms with Crippen molar-refractivity contribution in [3.05, 3.63) is 83.0 Å². The monoisotopic (exact) mass is 432 g/mol. The molecule has 162 valence electrons. The van der Waals surface area contributed by atoms with Crippen molar-refractivity contribution in [1.82, 2.24) is 4.98 Å². The number of halogens is 3. The average molecular weight is 432 g/mol. The zero-order valence-electron chi connectivity index (χ0n) is 16.5. The van der Waals surface area contributed by atoms with Crippen LogP contribution in [0.25, 0.3) is 0 Å². The number of hydrogen-bond acceptors (Lipinski definition) is 6. The summed E-state index contributed by atoms with van der Waals surface area (Å²) in [5.41, 5.74) is 5.57. The van der Waals surface area contributed by atoms with Gasteiger partial charge in [0, 0.05) is 12.6 Å². The molecule has 3 aromatic rings. The lowest BCUT2D eigenvalue weighted by Crippen LogP contribution is -2.11. The van der Waals surface area contributed by atoms with Crippen molar-refractivity contribution in [1.29, 1.82) is 0 Å². The number of carbonyl (C=O) groups is 1. The van der Waals surface area contributed by atoms with E-state index < -0.39 is 17.8 Å². The van der Waals surface area contributed by atoms with E-state index >= 15 is 0 Å². The van der Waals surface area contributed by atoms with Crippen molar-refractivity contribution in [3.63, 3.8) is 0 Å². The van der Waals surface area contributed by atoms with Crippen molar-refractivity contribution in [3.8, 4) is 17.4 Å². The van der Waals surface area contributed by atoms with Crippen molar-refractivity contribution in [2.24, 2.45) is 5.73 Å². The summed E-state index contributed by atoms with van der Waals surface area (Å²) in [6, 6.07) is 15.6. The third-order valence-electron chi connectivity index (χ3n) is 4.20. The van der Waals surface area contributed by atoms with E-state index in [0.29, 0.717) is 0 Å². The highest BCUT2D eigenvalue weighted by molar-refractivity contribution is 5.90. The fourth-order valence-electron chi connectivity index (χ4n) is 2.67. The normalized spacial score (nSPS) is 11.1. The van der Waals surface area contributed by atoms with Crippen LogP contribution in [0.3, 0.4) is 0 Å².